The van der Waals surface area contributed by atoms with Gasteiger partial charge in [0.15, 0.2) is 0 Å². The van der Waals surface area contributed by atoms with Crippen LogP contribution in [0.1, 0.15) is 5.56 Å². The van der Waals surface area contributed by atoms with Gasteiger partial charge >= 0.3 is 11.9 Å². The van der Waals surface area contributed by atoms with Gasteiger partial charge in [-0.1, -0.05) is 0 Å². The van der Waals surface area contributed by atoms with Gasteiger partial charge in [-0.2, -0.15) is 15.5 Å². The topological polar surface area (TPSA) is 104 Å². The second-order valence-electron chi connectivity index (χ2n) is 5.38. The van der Waals surface area contributed by atoms with Crippen molar-refractivity contribution in [3.05, 3.63) is 54.1 Å². The van der Waals surface area contributed by atoms with Crippen LogP contribution in [0, 0.1) is 11.3 Å². The quantitative estimate of drug-likeness (QED) is 0.551. The Labute approximate surface area is 156 Å². The first-order valence-electron chi connectivity index (χ1n) is 7.96. The first-order chi connectivity index (χ1) is 13.0. The summed E-state index contributed by atoms with van der Waals surface area (Å²) in [5.74, 6) is -0.938. The van der Waals surface area contributed by atoms with Crippen molar-refractivity contribution < 1.29 is 19.1 Å². The molecule has 2 rings (SSSR count). The molecule has 2 aromatic rings. The number of rotatable bonds is 7. The Balaban J connectivity index is 2.12. The van der Waals surface area contributed by atoms with E-state index >= 15 is 0 Å². The molecule has 0 amide bonds. The number of carbonyl (C=O) groups excluding carboxylic acids is 2. The fraction of sp³-hybridized carbons (Fsp3) is 0.211. The van der Waals surface area contributed by atoms with Crippen LogP contribution in [-0.2, 0) is 19.1 Å². The molecular formula is C19H18N4O4. The molecule has 0 saturated carbocycles. The van der Waals surface area contributed by atoms with Crippen LogP contribution in [-0.4, -0.2) is 39.2 Å². The highest BCUT2D eigenvalue weighted by atomic mass is 16.5. The van der Waals surface area contributed by atoms with Crippen molar-refractivity contribution in [2.75, 3.05) is 32.2 Å². The average Bonchev–Trinajstić information content (AvgIpc) is 2.72. The third-order valence-electron chi connectivity index (χ3n) is 3.59. The van der Waals surface area contributed by atoms with Crippen LogP contribution in [0.2, 0.25) is 0 Å². The van der Waals surface area contributed by atoms with Crippen LogP contribution in [0.3, 0.4) is 0 Å². The molecule has 0 saturated heterocycles. The number of carbonyl (C=O) groups is 2. The maximum atomic E-state index is 11.6. The lowest BCUT2D eigenvalue weighted by Crippen LogP contribution is -2.35. The van der Waals surface area contributed by atoms with Crippen molar-refractivity contribution in [2.45, 2.75) is 0 Å². The molecule has 0 unspecified atom stereocenters. The zero-order chi connectivity index (χ0) is 19.6. The number of azo groups is 1. The van der Waals surface area contributed by atoms with Crippen LogP contribution in [0.5, 0.6) is 0 Å². The second-order valence-corrected chi connectivity index (χ2v) is 5.38. The van der Waals surface area contributed by atoms with E-state index in [0.717, 1.165) is 0 Å². The highest BCUT2D eigenvalue weighted by Gasteiger charge is 2.16. The number of esters is 2. The molecule has 8 nitrogen and oxygen atoms in total. The molecule has 8 heteroatoms. The maximum Gasteiger partial charge on any atom is 0.325 e. The molecule has 0 atom stereocenters. The molecule has 2 aromatic carbocycles. The molecule has 0 heterocycles. The largest absolute Gasteiger partial charge is 0.468 e. The van der Waals surface area contributed by atoms with E-state index in [1.807, 2.05) is 6.07 Å². The minimum absolute atomic E-state index is 0.0856. The molecule has 0 spiro atoms. The minimum Gasteiger partial charge on any atom is -0.468 e. The van der Waals surface area contributed by atoms with Crippen molar-refractivity contribution >= 4 is 29.0 Å². The number of methoxy groups -OCH3 is 2. The molecule has 0 aromatic heterocycles. The summed E-state index contributed by atoms with van der Waals surface area (Å²) in [5.41, 5.74) is 2.41. The Kier molecular flexibility index (Phi) is 7.02. The average molecular weight is 366 g/mol. The molecule has 0 aliphatic carbocycles. The number of ether oxygens (including phenoxy) is 2. The fourth-order valence-corrected chi connectivity index (χ4v) is 2.13. The van der Waals surface area contributed by atoms with E-state index < -0.39 is 11.9 Å². The first-order valence-corrected chi connectivity index (χ1v) is 7.96. The molecule has 0 aliphatic rings. The van der Waals surface area contributed by atoms with Gasteiger partial charge in [-0.05, 0) is 48.5 Å². The summed E-state index contributed by atoms with van der Waals surface area (Å²) in [5, 5.41) is 17.0. The zero-order valence-corrected chi connectivity index (χ0v) is 15.0. The monoisotopic (exact) mass is 366 g/mol. The standard InChI is InChI=1S/C19H18N4O4/c1-26-18(24)12-23(13-19(25)27-2)17-9-7-16(8-10-17)22-21-15-5-3-14(11-20)4-6-15/h3-10H,12-13H2,1-2H3. The number of hydrogen-bond acceptors (Lipinski definition) is 8. The van der Waals surface area contributed by atoms with E-state index in [9.17, 15) is 9.59 Å². The third kappa shape index (κ3) is 5.93. The van der Waals surface area contributed by atoms with E-state index in [1.165, 1.54) is 14.2 Å². The first kappa shape index (κ1) is 19.6. The molecule has 0 N–H and O–H groups in total. The van der Waals surface area contributed by atoms with Gasteiger partial charge < -0.3 is 14.4 Å². The second kappa shape index (κ2) is 9.68. The SMILES string of the molecule is COC(=O)CN(CC(=O)OC)c1ccc(N=Nc2ccc(C#N)cc2)cc1. The summed E-state index contributed by atoms with van der Waals surface area (Å²) >= 11 is 0. The lowest BCUT2D eigenvalue weighted by molar-refractivity contribution is -0.140. The predicted molar refractivity (Wildman–Crippen MR) is 98.0 cm³/mol. The third-order valence-corrected chi connectivity index (χ3v) is 3.59. The molecule has 27 heavy (non-hydrogen) atoms. The molecule has 0 fully saturated rings. The van der Waals surface area contributed by atoms with Gasteiger partial charge in [0.2, 0.25) is 0 Å². The number of nitrogens with zero attached hydrogens (tertiary/aromatic N) is 4. The lowest BCUT2D eigenvalue weighted by Gasteiger charge is -2.22. The summed E-state index contributed by atoms with van der Waals surface area (Å²) in [6.07, 6.45) is 0. The fourth-order valence-electron chi connectivity index (χ4n) is 2.13. The predicted octanol–water partition coefficient (Wildman–Crippen LogP) is 3.13. The van der Waals surface area contributed by atoms with Crippen molar-refractivity contribution in [1.82, 2.24) is 0 Å². The van der Waals surface area contributed by atoms with Gasteiger partial charge in [-0.15, -0.1) is 0 Å². The van der Waals surface area contributed by atoms with Crippen molar-refractivity contribution in [3.8, 4) is 6.07 Å². The number of nitriles is 1. The highest BCUT2D eigenvalue weighted by Crippen LogP contribution is 2.22. The van der Waals surface area contributed by atoms with Crippen LogP contribution >= 0.6 is 0 Å². The Morgan fingerprint density at radius 1 is 0.889 bits per heavy atom. The van der Waals surface area contributed by atoms with Crippen molar-refractivity contribution in [1.29, 1.82) is 5.26 Å². The summed E-state index contributed by atoms with van der Waals surface area (Å²) in [6.45, 7) is -0.171. The molecule has 138 valence electrons. The maximum absolute atomic E-state index is 11.6. The number of benzene rings is 2. The molecule has 0 bridgehead atoms. The Bertz CT molecular complexity index is 837. The smallest absolute Gasteiger partial charge is 0.325 e. The van der Waals surface area contributed by atoms with Gasteiger partial charge in [0.1, 0.15) is 13.1 Å². The van der Waals surface area contributed by atoms with Gasteiger partial charge in [-0.25, -0.2) is 0 Å². The van der Waals surface area contributed by atoms with E-state index in [1.54, 1.807) is 53.4 Å². The Morgan fingerprint density at radius 3 is 1.74 bits per heavy atom. The van der Waals surface area contributed by atoms with Crippen LogP contribution in [0.15, 0.2) is 58.8 Å². The van der Waals surface area contributed by atoms with E-state index in [4.69, 9.17) is 5.26 Å². The van der Waals surface area contributed by atoms with Crippen LogP contribution in [0.4, 0.5) is 17.1 Å². The van der Waals surface area contributed by atoms with Gasteiger partial charge in [0.25, 0.3) is 0 Å². The zero-order valence-electron chi connectivity index (χ0n) is 15.0. The van der Waals surface area contributed by atoms with E-state index in [-0.39, 0.29) is 13.1 Å². The minimum atomic E-state index is -0.469. The number of hydrogen-bond donors (Lipinski definition) is 0. The normalized spacial score (nSPS) is 10.3. The van der Waals surface area contributed by atoms with Crippen molar-refractivity contribution in [2.24, 2.45) is 10.2 Å². The Hall–Kier alpha value is -3.73. The summed E-state index contributed by atoms with van der Waals surface area (Å²) in [4.78, 5) is 24.7. The highest BCUT2D eigenvalue weighted by molar-refractivity contribution is 5.81. The lowest BCUT2D eigenvalue weighted by atomic mass is 10.2. The summed E-state index contributed by atoms with van der Waals surface area (Å²) in [6, 6.07) is 15.6. The van der Waals surface area contributed by atoms with E-state index in [0.29, 0.717) is 22.6 Å². The Morgan fingerprint density at radius 2 is 1.33 bits per heavy atom. The van der Waals surface area contributed by atoms with Crippen LogP contribution in [0.25, 0.3) is 0 Å². The molecule has 0 aliphatic heterocycles. The molecule has 0 radical (unpaired) electrons. The van der Waals surface area contributed by atoms with Gasteiger partial charge in [0.05, 0.1) is 37.2 Å². The van der Waals surface area contributed by atoms with Crippen LogP contribution < -0.4 is 4.90 Å². The van der Waals surface area contributed by atoms with Gasteiger partial charge in [-0.3, -0.25) is 9.59 Å². The van der Waals surface area contributed by atoms with Crippen molar-refractivity contribution in [3.63, 3.8) is 0 Å². The van der Waals surface area contributed by atoms with Gasteiger partial charge in [0, 0.05) is 5.69 Å². The van der Waals surface area contributed by atoms with E-state index in [2.05, 4.69) is 19.7 Å². The summed E-state index contributed by atoms with van der Waals surface area (Å²) in [7, 11) is 2.57. The number of anilines is 1. The summed E-state index contributed by atoms with van der Waals surface area (Å²) < 4.78 is 9.32. The molecular weight excluding hydrogens is 348 g/mol.